The molecule has 1 aliphatic carbocycles. The van der Waals surface area contributed by atoms with E-state index in [0.29, 0.717) is 4.88 Å². The van der Waals surface area contributed by atoms with Crippen LogP contribution in [0.25, 0.3) is 10.2 Å². The number of benzene rings is 1. The molecule has 0 unspecified atom stereocenters. The van der Waals surface area contributed by atoms with Crippen molar-refractivity contribution in [1.29, 1.82) is 0 Å². The highest BCUT2D eigenvalue weighted by Gasteiger charge is 2.31. The molecule has 1 fully saturated rings. The van der Waals surface area contributed by atoms with Gasteiger partial charge in [-0.2, -0.15) is 0 Å². The summed E-state index contributed by atoms with van der Waals surface area (Å²) in [5.41, 5.74) is 2.60. The smallest absolute Gasteiger partial charge is 0.408 e. The Balaban J connectivity index is 1.37. The molecule has 0 radical (unpaired) electrons. The van der Waals surface area contributed by atoms with E-state index in [4.69, 9.17) is 9.47 Å². The predicted octanol–water partition coefficient (Wildman–Crippen LogP) is 3.34. The van der Waals surface area contributed by atoms with E-state index in [2.05, 4.69) is 15.6 Å². The van der Waals surface area contributed by atoms with Crippen molar-refractivity contribution in [3.63, 3.8) is 0 Å². The van der Waals surface area contributed by atoms with Crippen molar-refractivity contribution in [2.24, 2.45) is 0 Å². The van der Waals surface area contributed by atoms with Crippen LogP contribution >= 0.6 is 11.3 Å². The number of thiophene rings is 1. The molecular formula is C23H23N3O5S. The monoisotopic (exact) mass is 453 g/mol. The quantitative estimate of drug-likeness (QED) is 0.507. The van der Waals surface area contributed by atoms with E-state index in [0.717, 1.165) is 34.2 Å². The van der Waals surface area contributed by atoms with Crippen LogP contribution in [0.2, 0.25) is 0 Å². The zero-order chi connectivity index (χ0) is 22.5. The van der Waals surface area contributed by atoms with Gasteiger partial charge >= 0.3 is 12.1 Å². The van der Waals surface area contributed by atoms with Gasteiger partial charge in [0.05, 0.1) is 15.1 Å². The zero-order valence-corrected chi connectivity index (χ0v) is 18.3. The molecule has 9 heteroatoms. The van der Waals surface area contributed by atoms with Gasteiger partial charge < -0.3 is 20.1 Å². The molecule has 2 amide bonds. The van der Waals surface area contributed by atoms with Crippen molar-refractivity contribution < 1.29 is 23.9 Å². The highest BCUT2D eigenvalue weighted by molar-refractivity contribution is 7.21. The SMILES string of the molecule is Cc1ccnc2cc(C(=O)NC[C@@H](NC(=O)OCc3ccccc3)C(=O)OC3CC3)sc12. The number of amides is 2. The van der Waals surface area contributed by atoms with Gasteiger partial charge in [0, 0.05) is 12.7 Å². The van der Waals surface area contributed by atoms with E-state index in [9.17, 15) is 14.4 Å². The lowest BCUT2D eigenvalue weighted by Crippen LogP contribution is -2.49. The van der Waals surface area contributed by atoms with Gasteiger partial charge in [0.2, 0.25) is 0 Å². The summed E-state index contributed by atoms with van der Waals surface area (Å²) in [7, 11) is 0. The Morgan fingerprint density at radius 2 is 1.97 bits per heavy atom. The van der Waals surface area contributed by atoms with E-state index in [-0.39, 0.29) is 25.2 Å². The first-order chi connectivity index (χ1) is 15.5. The standard InChI is InChI=1S/C23H23N3O5S/c1-14-9-10-24-17-11-19(32-20(14)17)21(27)25-12-18(22(28)31-16-7-8-16)26-23(29)30-13-15-5-3-2-4-6-15/h2-6,9-11,16,18H,7-8,12-13H2,1H3,(H,25,27)(H,26,29)/t18-/m1/s1. The maximum absolute atomic E-state index is 12.7. The number of pyridine rings is 1. The average Bonchev–Trinajstić information content (AvgIpc) is 3.49. The number of hydrogen-bond donors (Lipinski definition) is 2. The molecule has 0 spiro atoms. The van der Waals surface area contributed by atoms with Crippen LogP contribution in [0.3, 0.4) is 0 Å². The summed E-state index contributed by atoms with van der Waals surface area (Å²) in [6.07, 6.45) is 2.41. The normalized spacial score (nSPS) is 13.9. The first-order valence-electron chi connectivity index (χ1n) is 10.3. The Kier molecular flexibility index (Phi) is 6.65. The number of fused-ring (bicyclic) bond motifs is 1. The first-order valence-corrected chi connectivity index (χ1v) is 11.1. The van der Waals surface area contributed by atoms with Crippen molar-refractivity contribution in [1.82, 2.24) is 15.6 Å². The molecule has 32 heavy (non-hydrogen) atoms. The number of nitrogens with zero attached hydrogens (tertiary/aromatic N) is 1. The Morgan fingerprint density at radius 1 is 1.19 bits per heavy atom. The Hall–Kier alpha value is -3.46. The molecule has 1 aromatic carbocycles. The number of esters is 1. The molecule has 0 aliphatic heterocycles. The lowest BCUT2D eigenvalue weighted by Gasteiger charge is -2.18. The minimum absolute atomic E-state index is 0.0670. The summed E-state index contributed by atoms with van der Waals surface area (Å²) >= 11 is 1.33. The number of ether oxygens (including phenoxy) is 2. The molecule has 8 nitrogen and oxygen atoms in total. The molecule has 0 bridgehead atoms. The third-order valence-corrected chi connectivity index (χ3v) is 6.15. The van der Waals surface area contributed by atoms with Crippen LogP contribution in [0.4, 0.5) is 4.79 Å². The topological polar surface area (TPSA) is 107 Å². The Labute approximate surface area is 188 Å². The van der Waals surface area contributed by atoms with E-state index in [1.165, 1.54) is 11.3 Å². The first kappa shape index (κ1) is 21.8. The number of carbonyl (C=O) groups excluding carboxylic acids is 3. The summed E-state index contributed by atoms with van der Waals surface area (Å²) in [6, 6.07) is 11.7. The van der Waals surface area contributed by atoms with E-state index in [1.54, 1.807) is 12.3 Å². The van der Waals surface area contributed by atoms with E-state index >= 15 is 0 Å². The molecule has 1 aliphatic rings. The molecule has 0 saturated heterocycles. The molecule has 1 atom stereocenters. The zero-order valence-electron chi connectivity index (χ0n) is 17.5. The second kappa shape index (κ2) is 9.78. The summed E-state index contributed by atoms with van der Waals surface area (Å²) in [4.78, 5) is 42.1. The number of alkyl carbamates (subject to hydrolysis) is 1. The Bertz CT molecular complexity index is 1130. The second-order valence-corrected chi connectivity index (χ2v) is 8.61. The summed E-state index contributed by atoms with van der Waals surface area (Å²) in [5.74, 6) is -0.950. The molecule has 166 valence electrons. The highest BCUT2D eigenvalue weighted by Crippen LogP contribution is 2.27. The fourth-order valence-corrected chi connectivity index (χ4v) is 3.99. The minimum Gasteiger partial charge on any atom is -0.461 e. The minimum atomic E-state index is -1.06. The number of rotatable bonds is 8. The molecule has 2 N–H and O–H groups in total. The van der Waals surface area contributed by atoms with Crippen molar-refractivity contribution in [2.75, 3.05) is 6.54 Å². The molecule has 2 heterocycles. The highest BCUT2D eigenvalue weighted by atomic mass is 32.1. The van der Waals surface area contributed by atoms with Crippen LogP contribution in [0.5, 0.6) is 0 Å². The van der Waals surface area contributed by atoms with Crippen LogP contribution in [0, 0.1) is 6.92 Å². The third kappa shape index (κ3) is 5.61. The van der Waals surface area contributed by atoms with E-state index < -0.39 is 18.1 Å². The van der Waals surface area contributed by atoms with Gasteiger partial charge in [-0.1, -0.05) is 30.3 Å². The van der Waals surface area contributed by atoms with Gasteiger partial charge in [0.1, 0.15) is 18.8 Å². The van der Waals surface area contributed by atoms with Crippen molar-refractivity contribution in [3.05, 3.63) is 64.7 Å². The van der Waals surface area contributed by atoms with Gasteiger partial charge in [-0.25, -0.2) is 9.59 Å². The second-order valence-electron chi connectivity index (χ2n) is 7.56. The number of carbonyl (C=O) groups is 3. The van der Waals surface area contributed by atoms with Crippen LogP contribution in [0.15, 0.2) is 48.7 Å². The average molecular weight is 454 g/mol. The fourth-order valence-electron chi connectivity index (χ4n) is 2.99. The number of nitrogens with one attached hydrogen (secondary N) is 2. The van der Waals surface area contributed by atoms with Gasteiger partial charge in [0.25, 0.3) is 5.91 Å². The summed E-state index contributed by atoms with van der Waals surface area (Å²) in [6.45, 7) is 1.90. The molecule has 2 aromatic heterocycles. The van der Waals surface area contributed by atoms with Gasteiger partial charge in [-0.3, -0.25) is 9.78 Å². The molecular weight excluding hydrogens is 430 g/mol. The number of hydrogen-bond acceptors (Lipinski definition) is 7. The van der Waals surface area contributed by atoms with Gasteiger partial charge in [0.15, 0.2) is 0 Å². The van der Waals surface area contributed by atoms with Crippen LogP contribution in [0.1, 0.15) is 33.6 Å². The molecule has 3 aromatic rings. The molecule has 4 rings (SSSR count). The van der Waals surface area contributed by atoms with Gasteiger partial charge in [-0.15, -0.1) is 11.3 Å². The lowest BCUT2D eigenvalue weighted by atomic mass is 10.2. The number of aryl methyl sites for hydroxylation is 1. The Morgan fingerprint density at radius 3 is 2.69 bits per heavy atom. The fraction of sp³-hybridized carbons (Fsp3) is 0.304. The van der Waals surface area contributed by atoms with Crippen LogP contribution in [-0.4, -0.2) is 41.6 Å². The van der Waals surface area contributed by atoms with Crippen molar-refractivity contribution in [3.8, 4) is 0 Å². The van der Waals surface area contributed by atoms with Gasteiger partial charge in [-0.05, 0) is 43.0 Å². The summed E-state index contributed by atoms with van der Waals surface area (Å²) in [5, 5.41) is 5.21. The third-order valence-electron chi connectivity index (χ3n) is 4.90. The maximum Gasteiger partial charge on any atom is 0.408 e. The van der Waals surface area contributed by atoms with Crippen LogP contribution < -0.4 is 10.6 Å². The number of aromatic nitrogens is 1. The maximum atomic E-state index is 12.7. The predicted molar refractivity (Wildman–Crippen MR) is 119 cm³/mol. The molecule has 1 saturated carbocycles. The largest absolute Gasteiger partial charge is 0.461 e. The summed E-state index contributed by atoms with van der Waals surface area (Å²) < 4.78 is 11.5. The van der Waals surface area contributed by atoms with Crippen LogP contribution in [-0.2, 0) is 20.9 Å². The van der Waals surface area contributed by atoms with Crippen molar-refractivity contribution in [2.45, 2.75) is 38.5 Å². The van der Waals surface area contributed by atoms with E-state index in [1.807, 2.05) is 43.3 Å². The van der Waals surface area contributed by atoms with Crippen molar-refractivity contribution >= 4 is 39.5 Å². The lowest BCUT2D eigenvalue weighted by molar-refractivity contribution is -0.147.